The first-order chi connectivity index (χ1) is 6.60. The second-order valence-corrected chi connectivity index (χ2v) is 3.46. The molecule has 0 aliphatic carbocycles. The minimum Gasteiger partial charge on any atom is -0.394 e. The zero-order valence-electron chi connectivity index (χ0n) is 7.66. The molecule has 0 unspecified atom stereocenters. The van der Waals surface area contributed by atoms with Crippen molar-refractivity contribution in [3.05, 3.63) is 0 Å². The van der Waals surface area contributed by atoms with Crippen molar-refractivity contribution in [1.82, 2.24) is 0 Å². The molecule has 2 atom stereocenters. The summed E-state index contributed by atoms with van der Waals surface area (Å²) in [6.07, 6.45) is 0. The maximum atomic E-state index is 8.58. The first kappa shape index (κ1) is 12.4. The molecule has 0 aromatic rings. The van der Waals surface area contributed by atoms with Crippen LogP contribution < -0.4 is 0 Å². The van der Waals surface area contributed by atoms with Gasteiger partial charge in [0.05, 0.1) is 19.1 Å². The Labute approximate surface area is 91.7 Å². The molecular formula is C7H12Cl2O5. The molecule has 0 aromatic heterocycles. The third-order valence-electron chi connectivity index (χ3n) is 1.54. The number of hydrogen-bond acceptors (Lipinski definition) is 5. The van der Waals surface area contributed by atoms with Crippen molar-refractivity contribution in [1.29, 1.82) is 0 Å². The average Bonchev–Trinajstić information content (AvgIpc) is 2.55. The number of aliphatic hydroxyl groups excluding tert-OH is 1. The lowest BCUT2D eigenvalue weighted by molar-refractivity contribution is -0.407. The van der Waals surface area contributed by atoms with Crippen LogP contribution in [0.15, 0.2) is 0 Å². The molecule has 7 heteroatoms. The van der Waals surface area contributed by atoms with Gasteiger partial charge in [-0.2, -0.15) is 9.78 Å². The van der Waals surface area contributed by atoms with E-state index < -0.39 is 11.8 Å². The number of aliphatic hydroxyl groups is 1. The highest BCUT2D eigenvalue weighted by Crippen LogP contribution is 2.35. The van der Waals surface area contributed by atoms with E-state index in [1.807, 2.05) is 0 Å². The van der Waals surface area contributed by atoms with Crippen LogP contribution in [-0.4, -0.2) is 41.8 Å². The van der Waals surface area contributed by atoms with E-state index in [4.69, 9.17) is 47.6 Å². The number of halogens is 2. The highest BCUT2D eigenvalue weighted by atomic mass is 35.5. The van der Waals surface area contributed by atoms with Gasteiger partial charge in [0.25, 0.3) is 0 Å². The third-order valence-corrected chi connectivity index (χ3v) is 2.35. The summed E-state index contributed by atoms with van der Waals surface area (Å²) in [5.41, 5.74) is 0. The van der Waals surface area contributed by atoms with E-state index in [0.717, 1.165) is 0 Å². The quantitative estimate of drug-likeness (QED) is 0.575. The molecule has 0 saturated carbocycles. The number of ether oxygens (including phenoxy) is 2. The minimum atomic E-state index is -1.48. The van der Waals surface area contributed by atoms with Crippen LogP contribution in [0.3, 0.4) is 0 Å². The maximum Gasteiger partial charge on any atom is 0.328 e. The van der Waals surface area contributed by atoms with Crippen molar-refractivity contribution in [2.75, 3.05) is 25.0 Å². The first-order valence-electron chi connectivity index (χ1n) is 4.03. The van der Waals surface area contributed by atoms with Gasteiger partial charge >= 0.3 is 5.97 Å². The van der Waals surface area contributed by atoms with Gasteiger partial charge in [-0.1, -0.05) is 0 Å². The molecule has 1 rings (SSSR count). The summed E-state index contributed by atoms with van der Waals surface area (Å²) in [7, 11) is 0. The van der Waals surface area contributed by atoms with Crippen molar-refractivity contribution >= 4 is 23.2 Å². The average molecular weight is 247 g/mol. The Morgan fingerprint density at radius 2 is 2.00 bits per heavy atom. The molecule has 1 aliphatic heterocycles. The Hall–Kier alpha value is 0.380. The highest BCUT2D eigenvalue weighted by Gasteiger charge is 2.51. The Bertz CT molecular complexity index is 189. The van der Waals surface area contributed by atoms with Crippen LogP contribution in [0.25, 0.3) is 0 Å². The molecule has 1 saturated heterocycles. The second-order valence-electron chi connectivity index (χ2n) is 2.92. The van der Waals surface area contributed by atoms with Gasteiger partial charge in [-0.05, 0) is 6.92 Å². The van der Waals surface area contributed by atoms with Gasteiger partial charge in [0.15, 0.2) is 0 Å². The van der Waals surface area contributed by atoms with Gasteiger partial charge in [-0.3, -0.25) is 4.74 Å². The lowest BCUT2D eigenvalue weighted by atomic mass is 10.4. The van der Waals surface area contributed by atoms with Gasteiger partial charge in [0, 0.05) is 0 Å². The molecule has 0 amide bonds. The van der Waals surface area contributed by atoms with E-state index in [9.17, 15) is 0 Å². The Balaban J connectivity index is 2.56. The van der Waals surface area contributed by atoms with Crippen molar-refractivity contribution in [3.63, 3.8) is 0 Å². The van der Waals surface area contributed by atoms with Crippen LogP contribution in [0.2, 0.25) is 0 Å². The number of rotatable bonds is 5. The molecule has 0 spiro atoms. The largest absolute Gasteiger partial charge is 0.394 e. The molecule has 5 nitrogen and oxygen atoms in total. The SMILES string of the molecule is C[C@]1(CCl)OO[C@@](CCl)(OCCO)O1. The smallest absolute Gasteiger partial charge is 0.328 e. The van der Waals surface area contributed by atoms with Crippen LogP contribution in [-0.2, 0) is 19.2 Å². The van der Waals surface area contributed by atoms with Crippen LogP contribution in [0.5, 0.6) is 0 Å². The van der Waals surface area contributed by atoms with E-state index in [1.165, 1.54) is 0 Å². The third kappa shape index (κ3) is 2.70. The summed E-state index contributed by atoms with van der Waals surface area (Å²) in [4.78, 5) is 9.67. The predicted octanol–water partition coefficient (Wildman–Crippen LogP) is 0.821. The fourth-order valence-electron chi connectivity index (χ4n) is 0.907. The molecule has 0 bridgehead atoms. The predicted molar refractivity (Wildman–Crippen MR) is 48.9 cm³/mol. The Morgan fingerprint density at radius 3 is 2.43 bits per heavy atom. The Morgan fingerprint density at radius 1 is 1.29 bits per heavy atom. The van der Waals surface area contributed by atoms with Crippen molar-refractivity contribution < 1.29 is 24.4 Å². The highest BCUT2D eigenvalue weighted by molar-refractivity contribution is 6.18. The van der Waals surface area contributed by atoms with Crippen LogP contribution in [0.4, 0.5) is 0 Å². The van der Waals surface area contributed by atoms with Crippen LogP contribution in [0, 0.1) is 0 Å². The first-order valence-corrected chi connectivity index (χ1v) is 5.10. The summed E-state index contributed by atoms with van der Waals surface area (Å²) in [6, 6.07) is 0. The Kier molecular flexibility index (Phi) is 4.39. The van der Waals surface area contributed by atoms with Crippen molar-refractivity contribution in [2.45, 2.75) is 18.7 Å². The standard InChI is InChI=1S/C7H12Cl2O5/c1-6(4-8)12-7(5-9,14-13-6)11-3-2-10/h10H,2-5H2,1H3/t6-,7+/m1/s1. The summed E-state index contributed by atoms with van der Waals surface area (Å²) in [6.45, 7) is 1.47. The molecule has 1 heterocycles. The van der Waals surface area contributed by atoms with E-state index in [-0.39, 0.29) is 25.0 Å². The second kappa shape index (κ2) is 4.94. The summed E-state index contributed by atoms with van der Waals surface area (Å²) in [5.74, 6) is -2.56. The van der Waals surface area contributed by atoms with Crippen LogP contribution in [0.1, 0.15) is 6.92 Å². The van der Waals surface area contributed by atoms with E-state index in [0.29, 0.717) is 0 Å². The van der Waals surface area contributed by atoms with Gasteiger partial charge in [0.2, 0.25) is 5.79 Å². The minimum absolute atomic E-state index is 0.0362. The normalized spacial score (nSPS) is 37.7. The van der Waals surface area contributed by atoms with Gasteiger partial charge in [0.1, 0.15) is 5.88 Å². The zero-order chi connectivity index (χ0) is 10.7. The van der Waals surface area contributed by atoms with Gasteiger partial charge in [-0.15, -0.1) is 23.2 Å². The summed E-state index contributed by atoms with van der Waals surface area (Å²) < 4.78 is 10.4. The summed E-state index contributed by atoms with van der Waals surface area (Å²) >= 11 is 11.2. The molecule has 1 fully saturated rings. The maximum absolute atomic E-state index is 8.58. The van der Waals surface area contributed by atoms with Crippen LogP contribution >= 0.6 is 23.2 Å². The number of hydrogen-bond donors (Lipinski definition) is 1. The molecule has 1 aliphatic rings. The lowest BCUT2D eigenvalue weighted by Gasteiger charge is -2.23. The topological polar surface area (TPSA) is 57.2 Å². The molecular weight excluding hydrogens is 235 g/mol. The molecule has 0 radical (unpaired) electrons. The zero-order valence-corrected chi connectivity index (χ0v) is 9.18. The molecule has 1 N–H and O–H groups in total. The monoisotopic (exact) mass is 246 g/mol. The molecule has 84 valence electrons. The van der Waals surface area contributed by atoms with Gasteiger partial charge < -0.3 is 9.84 Å². The van der Waals surface area contributed by atoms with Crippen molar-refractivity contribution in [2.24, 2.45) is 0 Å². The van der Waals surface area contributed by atoms with Crippen molar-refractivity contribution in [3.8, 4) is 0 Å². The van der Waals surface area contributed by atoms with E-state index in [2.05, 4.69) is 0 Å². The fourth-order valence-corrected chi connectivity index (χ4v) is 1.18. The van der Waals surface area contributed by atoms with E-state index >= 15 is 0 Å². The number of alkyl halides is 2. The molecule has 14 heavy (non-hydrogen) atoms. The van der Waals surface area contributed by atoms with E-state index in [1.54, 1.807) is 6.92 Å². The fraction of sp³-hybridized carbons (Fsp3) is 1.00. The lowest BCUT2D eigenvalue weighted by Crippen LogP contribution is -2.40. The van der Waals surface area contributed by atoms with Gasteiger partial charge in [-0.25, -0.2) is 0 Å². The molecule has 0 aromatic carbocycles. The summed E-state index contributed by atoms with van der Waals surface area (Å²) in [5, 5.41) is 8.58.